The Bertz CT molecular complexity index is 851. The van der Waals surface area contributed by atoms with Crippen LogP contribution in [0.2, 0.25) is 5.02 Å². The summed E-state index contributed by atoms with van der Waals surface area (Å²) in [4.78, 5) is 17.4. The number of halogens is 1. The van der Waals surface area contributed by atoms with E-state index in [1.807, 2.05) is 31.2 Å². The molecular formula is C21H25ClN4O3. The number of hydrogen-bond acceptors (Lipinski definition) is 4. The van der Waals surface area contributed by atoms with E-state index < -0.39 is 12.1 Å². The summed E-state index contributed by atoms with van der Waals surface area (Å²) in [6.07, 6.45) is 0.405. The topological polar surface area (TPSA) is 109 Å². The fraction of sp³-hybridized carbons (Fsp3) is 0.238. The van der Waals surface area contributed by atoms with Crippen LogP contribution in [0.5, 0.6) is 0 Å². The second-order valence-electron chi connectivity index (χ2n) is 6.41. The maximum Gasteiger partial charge on any atom is 0.319 e. The van der Waals surface area contributed by atoms with Gasteiger partial charge < -0.3 is 26.3 Å². The molecule has 8 heteroatoms. The summed E-state index contributed by atoms with van der Waals surface area (Å²) in [5, 5.41) is 18.7. The number of nitrogens with one attached hydrogen (secondary N) is 2. The fourth-order valence-corrected chi connectivity index (χ4v) is 2.60. The molecule has 0 bridgehead atoms. The molecule has 1 atom stereocenters. The van der Waals surface area contributed by atoms with Crippen molar-refractivity contribution in [2.45, 2.75) is 19.4 Å². The minimum atomic E-state index is -0.614. The summed E-state index contributed by atoms with van der Waals surface area (Å²) in [5.41, 5.74) is 9.55. The maximum absolute atomic E-state index is 12.4. The zero-order valence-electron chi connectivity index (χ0n) is 16.2. The van der Waals surface area contributed by atoms with Gasteiger partial charge in [-0.3, -0.25) is 0 Å². The number of nitrogens with zero attached hydrogens (tertiary/aromatic N) is 1. The molecule has 2 aromatic carbocycles. The Morgan fingerprint density at radius 1 is 1.24 bits per heavy atom. The molecular weight excluding hydrogens is 392 g/mol. The van der Waals surface area contributed by atoms with E-state index in [-0.39, 0.29) is 19.0 Å². The van der Waals surface area contributed by atoms with Gasteiger partial charge in [0, 0.05) is 17.1 Å². The summed E-state index contributed by atoms with van der Waals surface area (Å²) < 4.78 is 0. The van der Waals surface area contributed by atoms with Crippen LogP contribution in [0.1, 0.15) is 18.1 Å². The van der Waals surface area contributed by atoms with Gasteiger partial charge in [0.25, 0.3) is 0 Å². The molecule has 7 nitrogen and oxygen atoms in total. The molecule has 29 heavy (non-hydrogen) atoms. The van der Waals surface area contributed by atoms with Crippen LogP contribution in [0.3, 0.4) is 0 Å². The van der Waals surface area contributed by atoms with Gasteiger partial charge in [0.15, 0.2) is 5.84 Å². The van der Waals surface area contributed by atoms with Crippen LogP contribution < -0.4 is 16.4 Å². The Labute approximate surface area is 175 Å². The summed E-state index contributed by atoms with van der Waals surface area (Å²) >= 11 is 5.86. The van der Waals surface area contributed by atoms with Gasteiger partial charge in [0.05, 0.1) is 12.6 Å². The highest BCUT2D eigenvalue weighted by atomic mass is 35.5. The van der Waals surface area contributed by atoms with Crippen molar-refractivity contribution in [1.82, 2.24) is 5.32 Å². The van der Waals surface area contributed by atoms with E-state index >= 15 is 0 Å². The van der Waals surface area contributed by atoms with Crippen LogP contribution in [0.15, 0.2) is 60.3 Å². The van der Waals surface area contributed by atoms with Crippen LogP contribution >= 0.6 is 11.6 Å². The minimum Gasteiger partial charge on any atom is -0.393 e. The van der Waals surface area contributed by atoms with E-state index in [1.54, 1.807) is 24.3 Å². The van der Waals surface area contributed by atoms with Crippen LogP contribution in [0, 0.1) is 0 Å². The Morgan fingerprint density at radius 3 is 2.48 bits per heavy atom. The molecule has 0 aliphatic heterocycles. The Hall–Kier alpha value is -3.03. The third kappa shape index (κ3) is 7.48. The molecule has 0 saturated heterocycles. The summed E-state index contributed by atoms with van der Waals surface area (Å²) in [6.45, 7) is 5.68. The largest absolute Gasteiger partial charge is 0.393 e. The van der Waals surface area contributed by atoms with Gasteiger partial charge in [0.1, 0.15) is 6.61 Å². The highest BCUT2D eigenvalue weighted by Gasteiger charge is 2.18. The predicted octanol–water partition coefficient (Wildman–Crippen LogP) is 3.39. The first-order valence-corrected chi connectivity index (χ1v) is 9.41. The lowest BCUT2D eigenvalue weighted by atomic mass is 10.0. The lowest BCUT2D eigenvalue weighted by Crippen LogP contribution is -2.47. The maximum atomic E-state index is 12.4. The minimum absolute atomic E-state index is 0.0116. The van der Waals surface area contributed by atoms with Crippen molar-refractivity contribution < 1.29 is 14.7 Å². The van der Waals surface area contributed by atoms with Crippen molar-refractivity contribution >= 4 is 34.7 Å². The number of carbonyl (C=O) groups is 1. The number of nitrogens with two attached hydrogens (primary N) is 1. The van der Waals surface area contributed by atoms with Crippen LogP contribution in [0.4, 0.5) is 10.5 Å². The molecule has 2 aromatic rings. The number of amidine groups is 1. The lowest BCUT2D eigenvalue weighted by Gasteiger charge is -2.19. The normalized spacial score (nSPS) is 12.2. The molecule has 154 valence electrons. The molecule has 0 fully saturated rings. The molecule has 0 aliphatic rings. The summed E-state index contributed by atoms with van der Waals surface area (Å²) in [6, 6.07) is 13.5. The first-order valence-electron chi connectivity index (χ1n) is 9.03. The first kappa shape index (κ1) is 22.3. The smallest absolute Gasteiger partial charge is 0.319 e. The molecule has 0 aromatic heterocycles. The van der Waals surface area contributed by atoms with Gasteiger partial charge in [-0.1, -0.05) is 53.2 Å². The van der Waals surface area contributed by atoms with Crippen LogP contribution in [0.25, 0.3) is 5.57 Å². The molecule has 0 saturated carbocycles. The molecule has 2 rings (SSSR count). The number of allylic oxidation sites excluding steroid dienone is 1. The molecule has 5 N–H and O–H groups in total. The Balaban J connectivity index is 2.10. The number of benzene rings is 2. The van der Waals surface area contributed by atoms with Gasteiger partial charge in [-0.25, -0.2) is 4.79 Å². The predicted molar refractivity (Wildman–Crippen MR) is 117 cm³/mol. The Kier molecular flexibility index (Phi) is 8.51. The van der Waals surface area contributed by atoms with Gasteiger partial charge in [-0.2, -0.15) is 0 Å². The van der Waals surface area contributed by atoms with Gasteiger partial charge in [0.2, 0.25) is 0 Å². The number of aliphatic hydroxyl groups is 1. The van der Waals surface area contributed by atoms with Gasteiger partial charge in [-0.05, 0) is 42.3 Å². The number of amides is 2. The Morgan fingerprint density at radius 2 is 1.90 bits per heavy atom. The third-order valence-electron chi connectivity index (χ3n) is 4.00. The van der Waals surface area contributed by atoms with Crippen LogP contribution in [-0.2, 0) is 11.3 Å². The van der Waals surface area contributed by atoms with Crippen molar-refractivity contribution in [3.63, 3.8) is 0 Å². The molecule has 0 radical (unpaired) electrons. The highest BCUT2D eigenvalue weighted by molar-refractivity contribution is 6.30. The number of hydrogen-bond donors (Lipinski definition) is 4. The van der Waals surface area contributed by atoms with E-state index in [1.165, 1.54) is 0 Å². The van der Waals surface area contributed by atoms with Gasteiger partial charge >= 0.3 is 6.03 Å². The zero-order valence-corrected chi connectivity index (χ0v) is 16.9. The van der Waals surface area contributed by atoms with E-state index in [4.69, 9.17) is 27.3 Å². The quantitative estimate of drug-likeness (QED) is 0.217. The second kappa shape index (κ2) is 11.1. The molecule has 2 amide bonds. The summed E-state index contributed by atoms with van der Waals surface area (Å²) in [5.74, 6) is 0.0914. The summed E-state index contributed by atoms with van der Waals surface area (Å²) in [7, 11) is 0. The van der Waals surface area contributed by atoms with E-state index in [0.717, 1.165) is 16.7 Å². The van der Waals surface area contributed by atoms with Crippen molar-refractivity contribution in [2.75, 3.05) is 18.5 Å². The van der Waals surface area contributed by atoms with Crippen molar-refractivity contribution in [1.29, 1.82) is 0 Å². The second-order valence-corrected chi connectivity index (χ2v) is 6.85. The van der Waals surface area contributed by atoms with Crippen molar-refractivity contribution in [3.8, 4) is 0 Å². The van der Waals surface area contributed by atoms with E-state index in [9.17, 15) is 4.79 Å². The lowest BCUT2D eigenvalue weighted by molar-refractivity contribution is 0.0975. The number of anilines is 1. The number of carbonyl (C=O) groups excluding carboxylic acids is 1. The SMILES string of the molecule is C=C(C)c1ccc(C[C@H](NC(=O)Nc2ccc(Cl)cc2)/C(N)=N/OCCO)cc1. The number of rotatable bonds is 9. The molecule has 0 spiro atoms. The zero-order chi connectivity index (χ0) is 21.2. The first-order chi connectivity index (χ1) is 13.9. The number of urea groups is 1. The molecule has 0 aliphatic carbocycles. The number of aliphatic hydroxyl groups excluding tert-OH is 1. The number of oxime groups is 1. The highest BCUT2D eigenvalue weighted by Crippen LogP contribution is 2.15. The average molecular weight is 417 g/mol. The fourth-order valence-electron chi connectivity index (χ4n) is 2.47. The monoisotopic (exact) mass is 416 g/mol. The molecule has 0 heterocycles. The van der Waals surface area contributed by atoms with Crippen molar-refractivity contribution in [3.05, 3.63) is 71.3 Å². The van der Waals surface area contributed by atoms with Crippen molar-refractivity contribution in [2.24, 2.45) is 10.9 Å². The standard InChI is InChI=1S/C21H25ClN4O3/c1-14(2)16-5-3-15(4-6-16)13-19(20(23)26-29-12-11-27)25-21(28)24-18-9-7-17(22)8-10-18/h3-10,19,27H,1,11-13H2,2H3,(H2,23,26)(H2,24,25,28)/t19-/m0/s1. The van der Waals surface area contributed by atoms with E-state index in [0.29, 0.717) is 17.1 Å². The molecule has 0 unspecified atom stereocenters. The van der Waals surface area contributed by atoms with E-state index in [2.05, 4.69) is 22.4 Å². The third-order valence-corrected chi connectivity index (χ3v) is 4.26. The van der Waals surface area contributed by atoms with Crippen LogP contribution in [-0.4, -0.2) is 36.2 Å². The van der Waals surface area contributed by atoms with Gasteiger partial charge in [-0.15, -0.1) is 0 Å². The average Bonchev–Trinajstić information content (AvgIpc) is 2.69.